The van der Waals surface area contributed by atoms with Crippen molar-refractivity contribution >= 4 is 6.29 Å². The van der Waals surface area contributed by atoms with Gasteiger partial charge in [-0.15, -0.1) is 0 Å². The summed E-state index contributed by atoms with van der Waals surface area (Å²) in [5, 5.41) is 9.61. The fourth-order valence-corrected chi connectivity index (χ4v) is 0.885. The molecule has 0 aromatic rings. The minimum absolute atomic E-state index is 0.358. The molecule has 0 amide bonds. The van der Waals surface area contributed by atoms with Gasteiger partial charge in [0.1, 0.15) is 12.5 Å². The summed E-state index contributed by atoms with van der Waals surface area (Å²) in [5.74, 6) is 0. The Balaban J connectivity index is 5.06. The first-order valence-corrected chi connectivity index (χ1v) is 3.87. The van der Waals surface area contributed by atoms with Crippen LogP contribution in [-0.4, -0.2) is 36.6 Å². The van der Waals surface area contributed by atoms with E-state index in [9.17, 15) is 9.90 Å². The van der Waals surface area contributed by atoms with Gasteiger partial charge in [0.15, 0.2) is 0 Å². The minimum Gasteiger partial charge on any atom is -0.374 e. The summed E-state index contributed by atoms with van der Waals surface area (Å²) < 4.78 is 0. The van der Waals surface area contributed by atoms with Crippen LogP contribution in [0.15, 0.2) is 36.5 Å². The molecule has 0 saturated heterocycles. The van der Waals surface area contributed by atoms with Crippen molar-refractivity contribution < 1.29 is 9.90 Å². The Bertz CT molecular complexity index is 231. The van der Waals surface area contributed by atoms with Gasteiger partial charge in [-0.05, 0) is 14.1 Å². The topological polar surface area (TPSA) is 40.5 Å². The van der Waals surface area contributed by atoms with Crippen molar-refractivity contribution in [1.29, 1.82) is 0 Å². The molecule has 0 fully saturated rings. The molecule has 0 aliphatic heterocycles. The van der Waals surface area contributed by atoms with Crippen molar-refractivity contribution in [1.82, 2.24) is 4.90 Å². The summed E-state index contributed by atoms with van der Waals surface area (Å²) in [6.07, 6.45) is 2.68. The number of hydrogen-bond donors (Lipinski definition) is 1. The van der Waals surface area contributed by atoms with E-state index in [1.807, 2.05) is 0 Å². The number of aliphatic hydroxyl groups excluding tert-OH is 1. The summed E-state index contributed by atoms with van der Waals surface area (Å²) in [6, 6.07) is 0. The molecule has 0 heterocycles. The van der Waals surface area contributed by atoms with Crippen molar-refractivity contribution in [3.8, 4) is 0 Å². The van der Waals surface area contributed by atoms with Crippen molar-refractivity contribution in [3.05, 3.63) is 36.5 Å². The van der Waals surface area contributed by atoms with E-state index in [0.717, 1.165) is 0 Å². The number of likely N-dealkylation sites (N-methyl/N-ethyl adjacent to an activating group) is 1. The molecule has 0 spiro atoms. The summed E-state index contributed by atoms with van der Waals surface area (Å²) in [4.78, 5) is 12.1. The second kappa shape index (κ2) is 5.45. The summed E-state index contributed by atoms with van der Waals surface area (Å²) in [5.41, 5.74) is 0.825. The average molecular weight is 181 g/mol. The Hall–Kier alpha value is -1.19. The number of nitrogens with zero attached hydrogens (tertiary/aromatic N) is 1. The van der Waals surface area contributed by atoms with E-state index in [1.165, 1.54) is 12.2 Å². The molecule has 0 saturated carbocycles. The van der Waals surface area contributed by atoms with Crippen molar-refractivity contribution in [2.24, 2.45) is 0 Å². The van der Waals surface area contributed by atoms with E-state index < -0.39 is 6.23 Å². The van der Waals surface area contributed by atoms with Gasteiger partial charge in [0.25, 0.3) is 0 Å². The maximum Gasteiger partial charge on any atom is 0.150 e. The number of rotatable bonds is 5. The molecule has 1 unspecified atom stereocenters. The Labute approximate surface area is 78.7 Å². The van der Waals surface area contributed by atoms with E-state index in [-0.39, 0.29) is 0 Å². The third-order valence-corrected chi connectivity index (χ3v) is 1.67. The monoisotopic (exact) mass is 181 g/mol. The van der Waals surface area contributed by atoms with E-state index in [4.69, 9.17) is 0 Å². The van der Waals surface area contributed by atoms with Crippen LogP contribution in [0.4, 0.5) is 0 Å². The van der Waals surface area contributed by atoms with Gasteiger partial charge in [0, 0.05) is 11.1 Å². The molecular formula is C10H15NO2. The highest BCUT2D eigenvalue weighted by Gasteiger charge is 2.13. The highest BCUT2D eigenvalue weighted by atomic mass is 16.3. The van der Waals surface area contributed by atoms with E-state index in [0.29, 0.717) is 17.4 Å². The maximum absolute atomic E-state index is 10.6. The lowest BCUT2D eigenvalue weighted by atomic mass is 10.1. The van der Waals surface area contributed by atoms with Crippen molar-refractivity contribution in [2.45, 2.75) is 6.23 Å². The number of aldehydes is 1. The first kappa shape index (κ1) is 11.8. The number of aliphatic hydroxyl groups is 1. The Morgan fingerprint density at radius 2 is 1.92 bits per heavy atom. The van der Waals surface area contributed by atoms with Gasteiger partial charge in [-0.1, -0.05) is 25.3 Å². The smallest absolute Gasteiger partial charge is 0.150 e. The molecular weight excluding hydrogens is 166 g/mol. The minimum atomic E-state index is -0.823. The van der Waals surface area contributed by atoms with E-state index >= 15 is 0 Å². The molecule has 3 nitrogen and oxygen atoms in total. The average Bonchev–Trinajstić information content (AvgIpc) is 2.12. The summed E-state index contributed by atoms with van der Waals surface area (Å²) >= 11 is 0. The molecule has 0 aliphatic carbocycles. The third kappa shape index (κ3) is 2.97. The fourth-order valence-electron chi connectivity index (χ4n) is 0.885. The Morgan fingerprint density at radius 3 is 2.15 bits per heavy atom. The normalized spacial score (nSPS) is 14.8. The van der Waals surface area contributed by atoms with Crippen LogP contribution in [0.2, 0.25) is 0 Å². The summed E-state index contributed by atoms with van der Waals surface area (Å²) in [6.45, 7) is 7.01. The molecule has 0 aromatic heterocycles. The first-order valence-electron chi connectivity index (χ1n) is 3.87. The third-order valence-electron chi connectivity index (χ3n) is 1.67. The lowest BCUT2D eigenvalue weighted by Gasteiger charge is -2.20. The number of allylic oxidation sites excluding steroid dienone is 2. The quantitative estimate of drug-likeness (QED) is 0.294. The van der Waals surface area contributed by atoms with Gasteiger partial charge in [-0.2, -0.15) is 0 Å². The fraction of sp³-hybridized carbons (Fsp3) is 0.300. The lowest BCUT2D eigenvalue weighted by Crippen LogP contribution is -2.29. The molecule has 3 heteroatoms. The maximum atomic E-state index is 10.6. The van der Waals surface area contributed by atoms with Gasteiger partial charge in [-0.3, -0.25) is 9.69 Å². The standard InChI is InChI=1S/C10H15NO2/c1-5-8(7-12)9(6-2)10(13)11(3)4/h5-7,10,13H,1-2H2,3-4H3/b9-8-. The largest absolute Gasteiger partial charge is 0.374 e. The molecule has 13 heavy (non-hydrogen) atoms. The van der Waals surface area contributed by atoms with Crippen LogP contribution in [0.3, 0.4) is 0 Å². The predicted octanol–water partition coefficient (Wildman–Crippen LogP) is 0.734. The van der Waals surface area contributed by atoms with Gasteiger partial charge >= 0.3 is 0 Å². The molecule has 0 radical (unpaired) electrons. The molecule has 1 atom stereocenters. The van der Waals surface area contributed by atoms with Gasteiger partial charge in [0.2, 0.25) is 0 Å². The molecule has 72 valence electrons. The number of hydrogen-bond acceptors (Lipinski definition) is 3. The zero-order valence-electron chi connectivity index (χ0n) is 8.03. The second-order valence-corrected chi connectivity index (χ2v) is 2.77. The van der Waals surface area contributed by atoms with Crippen molar-refractivity contribution in [2.75, 3.05) is 14.1 Å². The molecule has 0 rings (SSSR count). The number of carbonyl (C=O) groups excluding carboxylic acids is 1. The Kier molecular flexibility index (Phi) is 4.96. The molecule has 0 aliphatic rings. The second-order valence-electron chi connectivity index (χ2n) is 2.77. The highest BCUT2D eigenvalue weighted by Crippen LogP contribution is 2.11. The predicted molar refractivity (Wildman–Crippen MR) is 53.2 cm³/mol. The molecule has 0 aromatic carbocycles. The van der Waals surface area contributed by atoms with Crippen LogP contribution in [0.5, 0.6) is 0 Å². The van der Waals surface area contributed by atoms with Crippen LogP contribution in [-0.2, 0) is 4.79 Å². The van der Waals surface area contributed by atoms with Crippen LogP contribution >= 0.6 is 0 Å². The van der Waals surface area contributed by atoms with E-state index in [2.05, 4.69) is 13.2 Å². The SMILES string of the molecule is C=C/C(C=O)=C(\C=C)C(O)N(C)C. The van der Waals surface area contributed by atoms with Gasteiger partial charge < -0.3 is 5.11 Å². The Morgan fingerprint density at radius 1 is 1.38 bits per heavy atom. The van der Waals surface area contributed by atoms with Gasteiger partial charge in [0.05, 0.1) is 0 Å². The van der Waals surface area contributed by atoms with Crippen LogP contribution in [0, 0.1) is 0 Å². The molecule has 0 bridgehead atoms. The zero-order chi connectivity index (χ0) is 10.4. The van der Waals surface area contributed by atoms with Crippen LogP contribution in [0.1, 0.15) is 0 Å². The van der Waals surface area contributed by atoms with Gasteiger partial charge in [-0.25, -0.2) is 0 Å². The lowest BCUT2D eigenvalue weighted by molar-refractivity contribution is -0.104. The van der Waals surface area contributed by atoms with Crippen molar-refractivity contribution in [3.63, 3.8) is 0 Å². The van der Waals surface area contributed by atoms with Crippen LogP contribution < -0.4 is 0 Å². The highest BCUT2D eigenvalue weighted by molar-refractivity contribution is 5.79. The zero-order valence-corrected chi connectivity index (χ0v) is 8.03. The van der Waals surface area contributed by atoms with Crippen LogP contribution in [0.25, 0.3) is 0 Å². The van der Waals surface area contributed by atoms with E-state index in [1.54, 1.807) is 19.0 Å². The summed E-state index contributed by atoms with van der Waals surface area (Å²) in [7, 11) is 3.42. The number of carbonyl (C=O) groups is 1. The first-order chi connectivity index (χ1) is 6.08. The molecule has 1 N–H and O–H groups in total.